The molecule has 0 fully saturated rings. The zero-order valence-corrected chi connectivity index (χ0v) is 17.7. The summed E-state index contributed by atoms with van der Waals surface area (Å²) >= 11 is 0. The molecule has 3 aromatic rings. The maximum atomic E-state index is 12.6. The first-order valence-electron chi connectivity index (χ1n) is 9.62. The fourth-order valence-corrected chi connectivity index (χ4v) is 3.40. The molecule has 3 rings (SSSR count). The van der Waals surface area contributed by atoms with Gasteiger partial charge in [0.1, 0.15) is 5.75 Å². The molecule has 29 heavy (non-hydrogen) atoms. The van der Waals surface area contributed by atoms with Gasteiger partial charge in [0, 0.05) is 17.8 Å². The van der Waals surface area contributed by atoms with Gasteiger partial charge in [0.05, 0.1) is 30.7 Å². The van der Waals surface area contributed by atoms with E-state index in [4.69, 9.17) is 4.74 Å². The van der Waals surface area contributed by atoms with Crippen molar-refractivity contribution in [3.63, 3.8) is 0 Å². The predicted molar refractivity (Wildman–Crippen MR) is 116 cm³/mol. The van der Waals surface area contributed by atoms with Crippen LogP contribution in [0.15, 0.2) is 48.5 Å². The third-order valence-electron chi connectivity index (χ3n) is 4.91. The summed E-state index contributed by atoms with van der Waals surface area (Å²) in [5.41, 5.74) is 5.98. The molecule has 0 aliphatic heterocycles. The van der Waals surface area contributed by atoms with E-state index in [0.29, 0.717) is 18.0 Å². The van der Waals surface area contributed by atoms with Crippen LogP contribution in [-0.4, -0.2) is 41.3 Å². The number of ether oxygens (including phenoxy) is 1. The fourth-order valence-electron chi connectivity index (χ4n) is 3.40. The lowest BCUT2D eigenvalue weighted by Crippen LogP contribution is -2.30. The topological polar surface area (TPSA) is 59.4 Å². The summed E-state index contributed by atoms with van der Waals surface area (Å²) in [6.07, 6.45) is 0. The summed E-state index contributed by atoms with van der Waals surface area (Å²) < 4.78 is 7.29. The molecular weight excluding hydrogens is 364 g/mol. The number of carbonyl (C=O) groups is 1. The lowest BCUT2D eigenvalue weighted by molar-refractivity contribution is -0.117. The van der Waals surface area contributed by atoms with Crippen LogP contribution in [0, 0.1) is 20.8 Å². The number of carbonyl (C=O) groups excluding carboxylic acids is 1. The second-order valence-electron chi connectivity index (χ2n) is 7.32. The Balaban J connectivity index is 1.68. The van der Waals surface area contributed by atoms with Crippen molar-refractivity contribution < 1.29 is 9.53 Å². The van der Waals surface area contributed by atoms with E-state index in [1.165, 1.54) is 0 Å². The summed E-state index contributed by atoms with van der Waals surface area (Å²) in [5.74, 6) is 0.574. The molecule has 1 aromatic heterocycles. The number of hydrogen-bond acceptors (Lipinski definition) is 4. The van der Waals surface area contributed by atoms with Crippen LogP contribution in [-0.2, 0) is 11.3 Å². The normalized spacial score (nSPS) is 11.0. The number of anilines is 1. The van der Waals surface area contributed by atoms with Gasteiger partial charge in [0.25, 0.3) is 0 Å². The van der Waals surface area contributed by atoms with E-state index in [1.54, 1.807) is 7.11 Å². The van der Waals surface area contributed by atoms with Crippen molar-refractivity contribution in [2.45, 2.75) is 27.3 Å². The Bertz CT molecular complexity index is 996. The van der Waals surface area contributed by atoms with E-state index in [-0.39, 0.29) is 12.5 Å². The predicted octanol–water partition coefficient (Wildman–Crippen LogP) is 3.88. The van der Waals surface area contributed by atoms with E-state index in [1.807, 2.05) is 79.0 Å². The van der Waals surface area contributed by atoms with Crippen molar-refractivity contribution >= 4 is 11.6 Å². The van der Waals surface area contributed by atoms with E-state index in [0.717, 1.165) is 28.2 Å². The van der Waals surface area contributed by atoms with Gasteiger partial charge >= 0.3 is 0 Å². The fraction of sp³-hybridized carbons (Fsp3) is 0.304. The highest BCUT2D eigenvalue weighted by Crippen LogP contribution is 2.25. The molecule has 0 radical (unpaired) electrons. The van der Waals surface area contributed by atoms with Gasteiger partial charge in [-0.15, -0.1) is 0 Å². The van der Waals surface area contributed by atoms with E-state index >= 15 is 0 Å². The summed E-state index contributed by atoms with van der Waals surface area (Å²) in [4.78, 5) is 14.5. The van der Waals surface area contributed by atoms with Crippen molar-refractivity contribution in [2.75, 3.05) is 26.0 Å². The van der Waals surface area contributed by atoms with Crippen LogP contribution in [0.2, 0.25) is 0 Å². The average Bonchev–Trinajstić information content (AvgIpc) is 2.97. The first-order valence-corrected chi connectivity index (χ1v) is 9.62. The third-order valence-corrected chi connectivity index (χ3v) is 4.91. The number of para-hydroxylation sites is 1. The van der Waals surface area contributed by atoms with Gasteiger partial charge in [-0.25, -0.2) is 4.68 Å². The number of amides is 1. The number of methoxy groups -OCH3 is 1. The SMILES string of the molecule is COc1ccc(C)cc1NC(=O)CN(C)Cc1c(C)nn(-c2ccccc2)c1C. The third kappa shape index (κ3) is 4.84. The van der Waals surface area contributed by atoms with E-state index in [9.17, 15) is 4.79 Å². The smallest absolute Gasteiger partial charge is 0.238 e. The van der Waals surface area contributed by atoms with Gasteiger partial charge in [-0.1, -0.05) is 24.3 Å². The molecular formula is C23H28N4O2. The highest BCUT2D eigenvalue weighted by atomic mass is 16.5. The molecule has 0 spiro atoms. The molecule has 6 nitrogen and oxygen atoms in total. The van der Waals surface area contributed by atoms with Gasteiger partial charge in [-0.3, -0.25) is 9.69 Å². The van der Waals surface area contributed by atoms with Crippen molar-refractivity contribution in [1.29, 1.82) is 0 Å². The molecule has 1 amide bonds. The maximum absolute atomic E-state index is 12.6. The van der Waals surface area contributed by atoms with Crippen molar-refractivity contribution in [3.8, 4) is 11.4 Å². The molecule has 0 bridgehead atoms. The van der Waals surface area contributed by atoms with Crippen LogP contribution in [0.5, 0.6) is 5.75 Å². The summed E-state index contributed by atoms with van der Waals surface area (Å²) in [7, 11) is 3.54. The number of aromatic nitrogens is 2. The molecule has 2 aromatic carbocycles. The van der Waals surface area contributed by atoms with Gasteiger partial charge in [-0.05, 0) is 57.6 Å². The highest BCUT2D eigenvalue weighted by Gasteiger charge is 2.16. The lowest BCUT2D eigenvalue weighted by atomic mass is 10.2. The van der Waals surface area contributed by atoms with Crippen molar-refractivity contribution in [1.82, 2.24) is 14.7 Å². The zero-order valence-electron chi connectivity index (χ0n) is 17.7. The summed E-state index contributed by atoms with van der Waals surface area (Å²) in [5, 5.41) is 7.64. The Morgan fingerprint density at radius 1 is 1.14 bits per heavy atom. The van der Waals surface area contributed by atoms with Crippen LogP contribution in [0.4, 0.5) is 5.69 Å². The van der Waals surface area contributed by atoms with Crippen molar-refractivity contribution in [2.24, 2.45) is 0 Å². The number of benzene rings is 2. The van der Waals surface area contributed by atoms with Crippen LogP contribution in [0.1, 0.15) is 22.5 Å². The van der Waals surface area contributed by atoms with Gasteiger partial charge in [-0.2, -0.15) is 5.10 Å². The quantitative estimate of drug-likeness (QED) is 0.663. The van der Waals surface area contributed by atoms with Crippen molar-refractivity contribution in [3.05, 3.63) is 71.0 Å². The first kappa shape index (κ1) is 20.6. The van der Waals surface area contributed by atoms with Gasteiger partial charge in [0.15, 0.2) is 0 Å². The number of likely N-dealkylation sites (N-methyl/N-ethyl adjacent to an activating group) is 1. The molecule has 0 saturated carbocycles. The van der Waals surface area contributed by atoms with Crippen LogP contribution in [0.25, 0.3) is 5.69 Å². The second kappa shape index (κ2) is 8.92. The first-order chi connectivity index (χ1) is 13.9. The summed E-state index contributed by atoms with van der Waals surface area (Å²) in [6.45, 7) is 6.97. The maximum Gasteiger partial charge on any atom is 0.238 e. The van der Waals surface area contributed by atoms with Gasteiger partial charge < -0.3 is 10.1 Å². The van der Waals surface area contributed by atoms with E-state index < -0.39 is 0 Å². The minimum Gasteiger partial charge on any atom is -0.495 e. The Hall–Kier alpha value is -3.12. The molecule has 0 aliphatic rings. The highest BCUT2D eigenvalue weighted by molar-refractivity contribution is 5.93. The molecule has 6 heteroatoms. The minimum absolute atomic E-state index is 0.0813. The molecule has 152 valence electrons. The Morgan fingerprint density at radius 2 is 1.86 bits per heavy atom. The Morgan fingerprint density at radius 3 is 2.55 bits per heavy atom. The minimum atomic E-state index is -0.0813. The standard InChI is InChI=1S/C23H28N4O2/c1-16-11-12-22(29-5)21(13-16)24-23(28)15-26(4)14-20-17(2)25-27(18(20)3)19-9-7-6-8-10-19/h6-13H,14-15H2,1-5H3,(H,24,28). The molecule has 1 heterocycles. The number of aryl methyl sites for hydroxylation is 2. The second-order valence-corrected chi connectivity index (χ2v) is 7.32. The average molecular weight is 393 g/mol. The number of nitrogens with one attached hydrogen (secondary N) is 1. The van der Waals surface area contributed by atoms with E-state index in [2.05, 4.69) is 17.3 Å². The van der Waals surface area contributed by atoms with Gasteiger partial charge in [0.2, 0.25) is 5.91 Å². The molecule has 0 unspecified atom stereocenters. The largest absolute Gasteiger partial charge is 0.495 e. The Labute approximate surface area is 172 Å². The molecule has 0 atom stereocenters. The number of rotatable bonds is 7. The number of nitrogens with zero attached hydrogens (tertiary/aromatic N) is 3. The zero-order chi connectivity index (χ0) is 21.0. The van der Waals surface area contributed by atoms with Crippen LogP contribution < -0.4 is 10.1 Å². The molecule has 1 N–H and O–H groups in total. The Kier molecular flexibility index (Phi) is 6.34. The van der Waals surface area contributed by atoms with Crippen LogP contribution in [0.3, 0.4) is 0 Å². The van der Waals surface area contributed by atoms with Crippen LogP contribution >= 0.6 is 0 Å². The lowest BCUT2D eigenvalue weighted by Gasteiger charge is -2.18. The monoisotopic (exact) mass is 392 g/mol. The summed E-state index contributed by atoms with van der Waals surface area (Å²) in [6, 6.07) is 15.8. The number of hydrogen-bond donors (Lipinski definition) is 1. The molecule has 0 saturated heterocycles. The molecule has 0 aliphatic carbocycles.